The summed E-state index contributed by atoms with van der Waals surface area (Å²) in [6, 6.07) is 8.40. The van der Waals surface area contributed by atoms with E-state index in [4.69, 9.17) is 0 Å². The van der Waals surface area contributed by atoms with Gasteiger partial charge in [-0.1, -0.05) is 12.1 Å². The molecular formula is C21H28N4O2. The quantitative estimate of drug-likeness (QED) is 0.853. The van der Waals surface area contributed by atoms with E-state index in [0.29, 0.717) is 24.5 Å². The second-order valence-corrected chi connectivity index (χ2v) is 8.76. The molecule has 6 nitrogen and oxygen atoms in total. The number of rotatable bonds is 2. The Bertz CT molecular complexity index is 892. The maximum Gasteiger partial charge on any atom is 0.326 e. The van der Waals surface area contributed by atoms with Crippen LogP contribution in [-0.2, 0) is 0 Å². The molecule has 2 heterocycles. The van der Waals surface area contributed by atoms with Crippen LogP contribution in [0.4, 0.5) is 4.79 Å². The molecule has 2 saturated carbocycles. The average Bonchev–Trinajstić information content (AvgIpc) is 3.36. The highest BCUT2D eigenvalue weighted by molar-refractivity contribution is 5.75. The fourth-order valence-corrected chi connectivity index (χ4v) is 5.08. The molecule has 2 aromatic rings. The summed E-state index contributed by atoms with van der Waals surface area (Å²) in [7, 11) is 0. The molecule has 1 spiro atoms. The topological polar surface area (TPSA) is 70.1 Å². The van der Waals surface area contributed by atoms with Crippen molar-refractivity contribution in [2.75, 3.05) is 13.1 Å². The minimum atomic E-state index is -0.0460. The number of aromatic nitrogens is 2. The van der Waals surface area contributed by atoms with Gasteiger partial charge in [0.1, 0.15) is 0 Å². The molecule has 1 saturated heterocycles. The van der Waals surface area contributed by atoms with Gasteiger partial charge in [0.15, 0.2) is 0 Å². The number of carbonyl (C=O) groups excluding carboxylic acids is 1. The Labute approximate surface area is 158 Å². The van der Waals surface area contributed by atoms with Crippen LogP contribution in [0.1, 0.15) is 57.4 Å². The van der Waals surface area contributed by atoms with Crippen LogP contribution >= 0.6 is 0 Å². The van der Waals surface area contributed by atoms with Crippen LogP contribution < -0.4 is 11.0 Å². The minimum absolute atomic E-state index is 0.0460. The number of nitrogens with zero attached hydrogens (tertiary/aromatic N) is 2. The zero-order valence-electron chi connectivity index (χ0n) is 15.7. The number of likely N-dealkylation sites (tertiary alicyclic amines) is 1. The standard InChI is InChI=1S/C21H28N4O2/c26-19(22-15-5-9-21(10-6-15)11-12-21)24-13-7-16(8-14-24)25-18-4-2-1-3-17(18)23-20(25)27/h1-4,15-16H,5-14H2,(H,22,26)(H,23,27). The second kappa shape index (κ2) is 6.43. The predicted molar refractivity (Wildman–Crippen MR) is 105 cm³/mol. The normalized spacial score (nSPS) is 23.0. The number of carbonyl (C=O) groups is 1. The number of piperidine rings is 1. The number of hydrogen-bond acceptors (Lipinski definition) is 2. The molecule has 5 rings (SSSR count). The first-order chi connectivity index (χ1) is 13.1. The number of H-pyrrole nitrogens is 1. The Morgan fingerprint density at radius 3 is 2.44 bits per heavy atom. The summed E-state index contributed by atoms with van der Waals surface area (Å²) >= 11 is 0. The summed E-state index contributed by atoms with van der Waals surface area (Å²) in [6.07, 6.45) is 9.27. The lowest BCUT2D eigenvalue weighted by atomic mass is 9.83. The molecule has 6 heteroatoms. The lowest BCUT2D eigenvalue weighted by Crippen LogP contribution is -2.49. The molecule has 2 amide bonds. The number of urea groups is 1. The highest BCUT2D eigenvalue weighted by Crippen LogP contribution is 2.56. The van der Waals surface area contributed by atoms with Gasteiger partial charge in [0.25, 0.3) is 0 Å². The lowest BCUT2D eigenvalue weighted by Gasteiger charge is -2.35. The van der Waals surface area contributed by atoms with Crippen molar-refractivity contribution in [1.29, 1.82) is 0 Å². The van der Waals surface area contributed by atoms with Crippen LogP contribution in [0.5, 0.6) is 0 Å². The molecule has 144 valence electrons. The summed E-state index contributed by atoms with van der Waals surface area (Å²) in [5.74, 6) is 0. The SMILES string of the molecule is O=C(NC1CCC2(CC1)CC2)N1CCC(n2c(=O)[nH]c3ccccc32)CC1. The monoisotopic (exact) mass is 368 g/mol. The zero-order chi connectivity index (χ0) is 18.4. The minimum Gasteiger partial charge on any atom is -0.335 e. The first-order valence-corrected chi connectivity index (χ1v) is 10.4. The van der Waals surface area contributed by atoms with E-state index < -0.39 is 0 Å². The molecule has 0 bridgehead atoms. The Balaban J connectivity index is 1.19. The Morgan fingerprint density at radius 2 is 1.74 bits per heavy atom. The van der Waals surface area contributed by atoms with Crippen LogP contribution in [0.3, 0.4) is 0 Å². The maximum absolute atomic E-state index is 12.7. The molecule has 3 aliphatic rings. The van der Waals surface area contributed by atoms with Crippen LogP contribution in [-0.4, -0.2) is 39.6 Å². The number of imidazole rings is 1. The van der Waals surface area contributed by atoms with E-state index in [0.717, 1.165) is 36.7 Å². The van der Waals surface area contributed by atoms with Crippen LogP contribution in [0.2, 0.25) is 0 Å². The van der Waals surface area contributed by atoms with Gasteiger partial charge in [0.05, 0.1) is 11.0 Å². The van der Waals surface area contributed by atoms with Gasteiger partial charge in [-0.2, -0.15) is 0 Å². The highest BCUT2D eigenvalue weighted by Gasteiger charge is 2.45. The van der Waals surface area contributed by atoms with Gasteiger partial charge in [0.2, 0.25) is 0 Å². The van der Waals surface area contributed by atoms with Crippen molar-refractivity contribution in [3.8, 4) is 0 Å². The number of fused-ring (bicyclic) bond motifs is 1. The van der Waals surface area contributed by atoms with E-state index in [1.54, 1.807) is 0 Å². The van der Waals surface area contributed by atoms with Crippen LogP contribution in [0, 0.1) is 5.41 Å². The smallest absolute Gasteiger partial charge is 0.326 e. The highest BCUT2D eigenvalue weighted by atomic mass is 16.2. The average molecular weight is 368 g/mol. The molecule has 3 fully saturated rings. The number of nitrogens with one attached hydrogen (secondary N) is 2. The third kappa shape index (κ3) is 3.15. The fraction of sp³-hybridized carbons (Fsp3) is 0.619. The van der Waals surface area contributed by atoms with Crippen molar-refractivity contribution in [2.24, 2.45) is 5.41 Å². The molecule has 27 heavy (non-hydrogen) atoms. The zero-order valence-corrected chi connectivity index (χ0v) is 15.7. The molecular weight excluding hydrogens is 340 g/mol. The van der Waals surface area contributed by atoms with E-state index in [-0.39, 0.29) is 17.8 Å². The third-order valence-corrected chi connectivity index (χ3v) is 7.07. The van der Waals surface area contributed by atoms with Gasteiger partial charge in [-0.3, -0.25) is 4.57 Å². The van der Waals surface area contributed by atoms with E-state index in [1.165, 1.54) is 25.7 Å². The molecule has 2 aliphatic carbocycles. The van der Waals surface area contributed by atoms with Crippen LogP contribution in [0.15, 0.2) is 29.1 Å². The second-order valence-electron chi connectivity index (χ2n) is 8.76. The third-order valence-electron chi connectivity index (χ3n) is 7.07. The Kier molecular flexibility index (Phi) is 4.02. The van der Waals surface area contributed by atoms with E-state index >= 15 is 0 Å². The summed E-state index contributed by atoms with van der Waals surface area (Å²) in [6.45, 7) is 1.41. The number of benzene rings is 1. The van der Waals surface area contributed by atoms with Gasteiger partial charge in [0, 0.05) is 25.2 Å². The number of amides is 2. The summed E-state index contributed by atoms with van der Waals surface area (Å²) in [4.78, 5) is 29.9. The first kappa shape index (κ1) is 16.9. The maximum atomic E-state index is 12.7. The van der Waals surface area contributed by atoms with Crippen molar-refractivity contribution in [2.45, 2.75) is 63.5 Å². The van der Waals surface area contributed by atoms with E-state index in [9.17, 15) is 9.59 Å². The molecule has 0 radical (unpaired) electrons. The Hall–Kier alpha value is -2.24. The number of hydrogen-bond donors (Lipinski definition) is 2. The molecule has 0 atom stereocenters. The van der Waals surface area contributed by atoms with E-state index in [1.807, 2.05) is 33.7 Å². The molecule has 1 aliphatic heterocycles. The molecule has 2 N–H and O–H groups in total. The molecule has 1 aromatic carbocycles. The van der Waals surface area contributed by atoms with Crippen molar-refractivity contribution >= 4 is 17.1 Å². The van der Waals surface area contributed by atoms with Gasteiger partial charge in [-0.15, -0.1) is 0 Å². The predicted octanol–water partition coefficient (Wildman–Crippen LogP) is 3.40. The summed E-state index contributed by atoms with van der Waals surface area (Å²) in [5.41, 5.74) is 2.46. The van der Waals surface area contributed by atoms with Gasteiger partial charge < -0.3 is 15.2 Å². The van der Waals surface area contributed by atoms with Crippen molar-refractivity contribution in [3.63, 3.8) is 0 Å². The summed E-state index contributed by atoms with van der Waals surface area (Å²) in [5, 5.41) is 3.26. The Morgan fingerprint density at radius 1 is 1.04 bits per heavy atom. The van der Waals surface area contributed by atoms with Gasteiger partial charge >= 0.3 is 11.7 Å². The van der Waals surface area contributed by atoms with Crippen molar-refractivity contribution in [1.82, 2.24) is 19.8 Å². The molecule has 0 unspecified atom stereocenters. The number of aromatic amines is 1. The lowest BCUT2D eigenvalue weighted by molar-refractivity contribution is 0.162. The van der Waals surface area contributed by atoms with Gasteiger partial charge in [-0.05, 0) is 68.9 Å². The van der Waals surface area contributed by atoms with Crippen molar-refractivity contribution in [3.05, 3.63) is 34.7 Å². The first-order valence-electron chi connectivity index (χ1n) is 10.4. The largest absolute Gasteiger partial charge is 0.335 e. The summed E-state index contributed by atoms with van der Waals surface area (Å²) < 4.78 is 1.88. The van der Waals surface area contributed by atoms with E-state index in [2.05, 4.69) is 10.3 Å². The number of para-hydroxylation sites is 2. The van der Waals surface area contributed by atoms with Crippen molar-refractivity contribution < 1.29 is 4.79 Å². The fourth-order valence-electron chi connectivity index (χ4n) is 5.08. The van der Waals surface area contributed by atoms with Crippen LogP contribution in [0.25, 0.3) is 11.0 Å². The van der Waals surface area contributed by atoms with Gasteiger partial charge in [-0.25, -0.2) is 9.59 Å². The molecule has 1 aromatic heterocycles.